The van der Waals surface area contributed by atoms with Crippen molar-refractivity contribution in [2.24, 2.45) is 0 Å². The van der Waals surface area contributed by atoms with E-state index in [1.165, 1.54) is 0 Å². The molecule has 0 saturated heterocycles. The van der Waals surface area contributed by atoms with Crippen LogP contribution in [0.15, 0.2) is 30.3 Å². The van der Waals surface area contributed by atoms with Crippen LogP contribution in [0.1, 0.15) is 30.5 Å². The molecule has 126 valence electrons. The lowest BCUT2D eigenvalue weighted by molar-refractivity contribution is -0.385. The quantitative estimate of drug-likeness (QED) is 0.620. The molecule has 1 aliphatic heterocycles. The van der Waals surface area contributed by atoms with Gasteiger partial charge in [0.05, 0.1) is 29.3 Å². The van der Waals surface area contributed by atoms with Gasteiger partial charge in [-0.25, -0.2) is 8.78 Å². The van der Waals surface area contributed by atoms with E-state index in [0.29, 0.717) is 18.7 Å². The summed E-state index contributed by atoms with van der Waals surface area (Å²) in [5.41, 5.74) is 1.72. The number of nitro benzene ring substituents is 1. The predicted molar refractivity (Wildman–Crippen MR) is 81.6 cm³/mol. The summed E-state index contributed by atoms with van der Waals surface area (Å²) >= 11 is 0. The molecule has 3 rings (SSSR count). The van der Waals surface area contributed by atoms with E-state index < -0.39 is 33.6 Å². The molecule has 1 aliphatic rings. The van der Waals surface area contributed by atoms with Crippen LogP contribution in [-0.4, -0.2) is 4.92 Å². The van der Waals surface area contributed by atoms with Gasteiger partial charge in [0.15, 0.2) is 17.4 Å². The molecule has 1 heterocycles. The lowest BCUT2D eigenvalue weighted by atomic mass is 9.94. The van der Waals surface area contributed by atoms with Gasteiger partial charge in [-0.2, -0.15) is 0 Å². The molecule has 0 saturated carbocycles. The highest BCUT2D eigenvalue weighted by Crippen LogP contribution is 2.36. The lowest BCUT2D eigenvalue weighted by Crippen LogP contribution is -2.15. The first-order valence-electron chi connectivity index (χ1n) is 7.30. The normalized spacial score (nSPS) is 15.2. The molecule has 0 bridgehead atoms. The fourth-order valence-corrected chi connectivity index (χ4v) is 2.68. The summed E-state index contributed by atoms with van der Waals surface area (Å²) in [6.45, 7) is 4.35. The van der Waals surface area contributed by atoms with Crippen LogP contribution in [-0.2, 0) is 23.6 Å². The minimum atomic E-state index is -1.11. The van der Waals surface area contributed by atoms with Crippen molar-refractivity contribution in [1.29, 1.82) is 0 Å². The van der Waals surface area contributed by atoms with E-state index in [2.05, 4.69) is 0 Å². The molecule has 0 N–H and O–H groups in total. The van der Waals surface area contributed by atoms with Gasteiger partial charge in [0.1, 0.15) is 6.61 Å². The monoisotopic (exact) mass is 335 g/mol. The number of nitrogens with zero attached hydrogens (tertiary/aromatic N) is 1. The average molecular weight is 335 g/mol. The SMILES string of the molecule is CC1(C)OCc2ccc(COc3c(F)cc([N+](=O)[O-])cc3F)cc21. The Morgan fingerprint density at radius 2 is 1.92 bits per heavy atom. The molecule has 0 aliphatic carbocycles. The van der Waals surface area contributed by atoms with E-state index in [0.717, 1.165) is 16.7 Å². The van der Waals surface area contributed by atoms with Gasteiger partial charge in [0.25, 0.3) is 5.69 Å². The van der Waals surface area contributed by atoms with Crippen molar-refractivity contribution in [2.75, 3.05) is 0 Å². The molecule has 0 fully saturated rings. The van der Waals surface area contributed by atoms with Crippen molar-refractivity contribution in [3.8, 4) is 5.75 Å². The first kappa shape index (κ1) is 16.3. The van der Waals surface area contributed by atoms with Crippen molar-refractivity contribution in [3.05, 3.63) is 68.8 Å². The molecule has 7 heteroatoms. The predicted octanol–water partition coefficient (Wildman–Crippen LogP) is 4.22. The minimum Gasteiger partial charge on any atom is -0.483 e. The Kier molecular flexibility index (Phi) is 3.96. The summed E-state index contributed by atoms with van der Waals surface area (Å²) in [6, 6.07) is 6.84. The van der Waals surface area contributed by atoms with Crippen molar-refractivity contribution in [3.63, 3.8) is 0 Å². The fraction of sp³-hybridized carbons (Fsp3) is 0.294. The first-order chi connectivity index (χ1) is 11.3. The van der Waals surface area contributed by atoms with Gasteiger partial charge in [-0.15, -0.1) is 0 Å². The highest BCUT2D eigenvalue weighted by molar-refractivity contribution is 5.40. The smallest absolute Gasteiger partial charge is 0.275 e. The zero-order chi connectivity index (χ0) is 17.5. The van der Waals surface area contributed by atoms with Gasteiger partial charge in [-0.3, -0.25) is 10.1 Å². The number of rotatable bonds is 4. The van der Waals surface area contributed by atoms with E-state index in [9.17, 15) is 18.9 Å². The Morgan fingerprint density at radius 1 is 1.25 bits per heavy atom. The Bertz CT molecular complexity index is 797. The summed E-state index contributed by atoms with van der Waals surface area (Å²) in [5.74, 6) is -2.84. The molecule has 0 spiro atoms. The van der Waals surface area contributed by atoms with E-state index in [1.54, 1.807) is 6.07 Å². The molecule has 5 nitrogen and oxygen atoms in total. The first-order valence-corrected chi connectivity index (χ1v) is 7.30. The zero-order valence-electron chi connectivity index (χ0n) is 13.1. The average Bonchev–Trinajstić information content (AvgIpc) is 2.81. The Labute approximate surface area is 137 Å². The number of benzene rings is 2. The maximum atomic E-state index is 13.8. The topological polar surface area (TPSA) is 61.6 Å². The molecular weight excluding hydrogens is 320 g/mol. The summed E-state index contributed by atoms with van der Waals surface area (Å²) in [4.78, 5) is 9.72. The molecule has 0 radical (unpaired) electrons. The molecule has 0 amide bonds. The third kappa shape index (κ3) is 2.94. The number of nitro groups is 1. The number of ether oxygens (including phenoxy) is 2. The summed E-state index contributed by atoms with van der Waals surface area (Å²) in [6.07, 6.45) is 0. The molecule has 24 heavy (non-hydrogen) atoms. The summed E-state index contributed by atoms with van der Waals surface area (Å²) < 4.78 is 38.5. The van der Waals surface area contributed by atoms with Crippen LogP contribution in [0.4, 0.5) is 14.5 Å². The van der Waals surface area contributed by atoms with E-state index in [4.69, 9.17) is 9.47 Å². The van der Waals surface area contributed by atoms with Crippen LogP contribution in [0.5, 0.6) is 5.75 Å². The highest BCUT2D eigenvalue weighted by atomic mass is 19.1. The molecule has 2 aromatic carbocycles. The number of non-ortho nitro benzene ring substituents is 1. The number of hydrogen-bond acceptors (Lipinski definition) is 4. The van der Waals surface area contributed by atoms with Crippen LogP contribution in [0.25, 0.3) is 0 Å². The van der Waals surface area contributed by atoms with Gasteiger partial charge >= 0.3 is 0 Å². The number of hydrogen-bond donors (Lipinski definition) is 0. The standard InChI is InChI=1S/C17H15F2NO4/c1-17(2)13-5-10(3-4-11(13)9-24-17)8-23-16-14(18)6-12(20(21)22)7-15(16)19/h3-7H,8-9H2,1-2H3. The zero-order valence-corrected chi connectivity index (χ0v) is 13.1. The van der Waals surface area contributed by atoms with Crippen LogP contribution in [0, 0.1) is 21.7 Å². The van der Waals surface area contributed by atoms with E-state index in [1.807, 2.05) is 26.0 Å². The van der Waals surface area contributed by atoms with Crippen molar-refractivity contribution < 1.29 is 23.2 Å². The van der Waals surface area contributed by atoms with Gasteiger partial charge in [0.2, 0.25) is 0 Å². The van der Waals surface area contributed by atoms with Crippen molar-refractivity contribution in [2.45, 2.75) is 32.7 Å². The van der Waals surface area contributed by atoms with Gasteiger partial charge in [-0.05, 0) is 36.6 Å². The van der Waals surface area contributed by atoms with Crippen molar-refractivity contribution >= 4 is 5.69 Å². The minimum absolute atomic E-state index is 0.0605. The van der Waals surface area contributed by atoms with Gasteiger partial charge in [0, 0.05) is 0 Å². The highest BCUT2D eigenvalue weighted by Gasteiger charge is 2.30. The fourth-order valence-electron chi connectivity index (χ4n) is 2.68. The maximum absolute atomic E-state index is 13.8. The second-order valence-electron chi connectivity index (χ2n) is 6.07. The Balaban J connectivity index is 1.81. The van der Waals surface area contributed by atoms with Crippen LogP contribution < -0.4 is 4.74 Å². The van der Waals surface area contributed by atoms with Gasteiger partial charge < -0.3 is 9.47 Å². The third-order valence-electron chi connectivity index (χ3n) is 3.99. The molecular formula is C17H15F2NO4. The van der Waals surface area contributed by atoms with E-state index in [-0.39, 0.29) is 6.61 Å². The second-order valence-corrected chi connectivity index (χ2v) is 6.07. The molecule has 2 aromatic rings. The lowest BCUT2D eigenvalue weighted by Gasteiger charge is -2.19. The van der Waals surface area contributed by atoms with Crippen molar-refractivity contribution in [1.82, 2.24) is 0 Å². The molecule has 0 unspecified atom stereocenters. The molecule has 0 aromatic heterocycles. The summed E-state index contributed by atoms with van der Waals surface area (Å²) in [7, 11) is 0. The Hall–Kier alpha value is -2.54. The maximum Gasteiger partial charge on any atom is 0.275 e. The van der Waals surface area contributed by atoms with Gasteiger partial charge in [-0.1, -0.05) is 12.1 Å². The Morgan fingerprint density at radius 3 is 2.54 bits per heavy atom. The summed E-state index contributed by atoms with van der Waals surface area (Å²) in [5, 5.41) is 10.6. The molecule has 0 atom stereocenters. The largest absolute Gasteiger partial charge is 0.483 e. The second kappa shape index (κ2) is 5.83. The van der Waals surface area contributed by atoms with Crippen LogP contribution >= 0.6 is 0 Å². The van der Waals surface area contributed by atoms with E-state index >= 15 is 0 Å². The number of fused-ring (bicyclic) bond motifs is 1. The number of halogens is 2. The van der Waals surface area contributed by atoms with Crippen LogP contribution in [0.3, 0.4) is 0 Å². The third-order valence-corrected chi connectivity index (χ3v) is 3.99. The van der Waals surface area contributed by atoms with Crippen LogP contribution in [0.2, 0.25) is 0 Å².